The summed E-state index contributed by atoms with van der Waals surface area (Å²) < 4.78 is 1.85. The van der Waals surface area contributed by atoms with Crippen molar-refractivity contribution in [3.63, 3.8) is 0 Å². The lowest BCUT2D eigenvalue weighted by Crippen LogP contribution is -2.33. The first kappa shape index (κ1) is 6.60. The molecule has 2 rings (SSSR count). The molecule has 1 aliphatic heterocycles. The molecular formula is C7H12NOP. The van der Waals surface area contributed by atoms with Crippen molar-refractivity contribution in [1.82, 2.24) is 4.67 Å². The molecule has 1 saturated heterocycles. The number of carbonyl (C=O) groups is 1. The van der Waals surface area contributed by atoms with Crippen LogP contribution in [0, 0.1) is 11.8 Å². The second-order valence-corrected chi connectivity index (χ2v) is 4.01. The summed E-state index contributed by atoms with van der Waals surface area (Å²) >= 11 is 0. The minimum atomic E-state index is 0.341. The molecule has 1 amide bonds. The summed E-state index contributed by atoms with van der Waals surface area (Å²) in [5.74, 6) is 1.42. The predicted octanol–water partition coefficient (Wildman–Crippen LogP) is 1.03. The molecule has 2 nitrogen and oxygen atoms in total. The normalized spacial score (nSPS) is 45.2. The van der Waals surface area contributed by atoms with Crippen molar-refractivity contribution in [2.24, 2.45) is 11.8 Å². The van der Waals surface area contributed by atoms with Crippen molar-refractivity contribution in [2.75, 3.05) is 0 Å². The Bertz CT molecular complexity index is 178. The van der Waals surface area contributed by atoms with Crippen LogP contribution >= 0.6 is 9.39 Å². The Labute approximate surface area is 63.2 Å². The van der Waals surface area contributed by atoms with Crippen molar-refractivity contribution in [1.29, 1.82) is 0 Å². The van der Waals surface area contributed by atoms with Gasteiger partial charge in [-0.15, -0.1) is 0 Å². The van der Waals surface area contributed by atoms with E-state index in [2.05, 4.69) is 16.3 Å². The zero-order valence-corrected chi connectivity index (χ0v) is 7.23. The van der Waals surface area contributed by atoms with Crippen molar-refractivity contribution < 1.29 is 4.79 Å². The number of hydrogen-bond acceptors (Lipinski definition) is 1. The molecule has 10 heavy (non-hydrogen) atoms. The molecule has 3 heteroatoms. The Balaban J connectivity index is 2.24. The van der Waals surface area contributed by atoms with E-state index in [1.807, 2.05) is 4.67 Å². The number of hydrogen-bond donors (Lipinski definition) is 0. The fraction of sp³-hybridized carbons (Fsp3) is 0.857. The molecule has 0 radical (unpaired) electrons. The Morgan fingerprint density at radius 1 is 1.60 bits per heavy atom. The molecule has 2 bridgehead atoms. The van der Waals surface area contributed by atoms with Crippen LogP contribution in [0.3, 0.4) is 0 Å². The largest absolute Gasteiger partial charge is 0.324 e. The van der Waals surface area contributed by atoms with Gasteiger partial charge in [0.1, 0.15) is 0 Å². The molecule has 4 atom stereocenters. The van der Waals surface area contributed by atoms with Gasteiger partial charge >= 0.3 is 0 Å². The molecule has 0 aromatic heterocycles. The highest BCUT2D eigenvalue weighted by molar-refractivity contribution is 7.14. The monoisotopic (exact) mass is 157 g/mol. The van der Waals surface area contributed by atoms with Gasteiger partial charge in [0.15, 0.2) is 0 Å². The van der Waals surface area contributed by atoms with E-state index in [4.69, 9.17) is 0 Å². The smallest absolute Gasteiger partial charge is 0.228 e. The van der Waals surface area contributed by atoms with Gasteiger partial charge in [-0.25, -0.2) is 0 Å². The summed E-state index contributed by atoms with van der Waals surface area (Å²) in [5, 5.41) is 0. The summed E-state index contributed by atoms with van der Waals surface area (Å²) in [6, 6.07) is 0.530. The first-order chi connectivity index (χ1) is 4.70. The summed E-state index contributed by atoms with van der Waals surface area (Å²) in [4.78, 5) is 11.2. The zero-order chi connectivity index (χ0) is 7.30. The second-order valence-electron chi connectivity index (χ2n) is 3.46. The van der Waals surface area contributed by atoms with E-state index in [0.717, 1.165) is 18.8 Å². The number of rotatable bonds is 0. The third-order valence-electron chi connectivity index (χ3n) is 2.80. The van der Waals surface area contributed by atoms with E-state index >= 15 is 0 Å². The van der Waals surface area contributed by atoms with Gasteiger partial charge in [0.05, 0.1) is 0 Å². The van der Waals surface area contributed by atoms with Crippen molar-refractivity contribution in [3.8, 4) is 0 Å². The van der Waals surface area contributed by atoms with E-state index < -0.39 is 0 Å². The second kappa shape index (κ2) is 1.94. The summed E-state index contributed by atoms with van der Waals surface area (Å²) in [6.07, 6.45) is 2.22. The quantitative estimate of drug-likeness (QED) is 0.481. The Kier molecular flexibility index (Phi) is 1.28. The van der Waals surface area contributed by atoms with Gasteiger partial charge in [0.2, 0.25) is 5.91 Å². The molecule has 2 fully saturated rings. The molecule has 1 aliphatic carbocycles. The SMILES string of the molecule is CC1CC2CC1N(P)C2=O. The van der Waals surface area contributed by atoms with Gasteiger partial charge in [-0.05, 0) is 28.2 Å². The van der Waals surface area contributed by atoms with Gasteiger partial charge in [0.25, 0.3) is 0 Å². The molecule has 0 aromatic carbocycles. The van der Waals surface area contributed by atoms with Gasteiger partial charge < -0.3 is 4.67 Å². The number of nitrogens with zero attached hydrogens (tertiary/aromatic N) is 1. The molecule has 1 saturated carbocycles. The molecule has 56 valence electrons. The van der Waals surface area contributed by atoms with Crippen LogP contribution < -0.4 is 0 Å². The van der Waals surface area contributed by atoms with Gasteiger partial charge in [-0.1, -0.05) is 6.92 Å². The van der Waals surface area contributed by atoms with Crippen LogP contribution in [0.25, 0.3) is 0 Å². The Morgan fingerprint density at radius 2 is 2.30 bits per heavy atom. The lowest BCUT2D eigenvalue weighted by molar-refractivity contribution is -0.129. The lowest BCUT2D eigenvalue weighted by atomic mass is 10.0. The van der Waals surface area contributed by atoms with Crippen molar-refractivity contribution in [2.45, 2.75) is 25.8 Å². The number of carbonyl (C=O) groups excluding carboxylic acids is 1. The zero-order valence-electron chi connectivity index (χ0n) is 6.08. The van der Waals surface area contributed by atoms with Gasteiger partial charge in [-0.2, -0.15) is 0 Å². The Hall–Kier alpha value is -0.100. The van der Waals surface area contributed by atoms with Crippen LogP contribution in [-0.2, 0) is 4.79 Å². The number of amides is 1. The predicted molar refractivity (Wildman–Crippen MR) is 42.2 cm³/mol. The van der Waals surface area contributed by atoms with Gasteiger partial charge in [0, 0.05) is 12.0 Å². The van der Waals surface area contributed by atoms with E-state index in [0.29, 0.717) is 17.9 Å². The molecular weight excluding hydrogens is 145 g/mol. The first-order valence-electron chi connectivity index (χ1n) is 3.78. The lowest BCUT2D eigenvalue weighted by Gasteiger charge is -2.26. The van der Waals surface area contributed by atoms with Crippen LogP contribution in [0.15, 0.2) is 0 Å². The summed E-state index contributed by atoms with van der Waals surface area (Å²) in [7, 11) is 2.53. The van der Waals surface area contributed by atoms with E-state index in [9.17, 15) is 4.79 Å². The van der Waals surface area contributed by atoms with Crippen LogP contribution in [0.2, 0.25) is 0 Å². The average Bonchev–Trinajstić information content (AvgIpc) is 2.36. The van der Waals surface area contributed by atoms with E-state index in [1.54, 1.807) is 0 Å². The maximum absolute atomic E-state index is 11.2. The number of piperidine rings is 1. The summed E-state index contributed by atoms with van der Waals surface area (Å²) in [6.45, 7) is 2.23. The molecule has 0 N–H and O–H groups in total. The minimum Gasteiger partial charge on any atom is -0.324 e. The number of fused-ring (bicyclic) bond motifs is 2. The minimum absolute atomic E-state index is 0.341. The van der Waals surface area contributed by atoms with Crippen LogP contribution in [-0.4, -0.2) is 16.6 Å². The van der Waals surface area contributed by atoms with Crippen LogP contribution in [0.1, 0.15) is 19.8 Å². The topological polar surface area (TPSA) is 20.3 Å². The van der Waals surface area contributed by atoms with Crippen LogP contribution in [0.5, 0.6) is 0 Å². The fourth-order valence-corrected chi connectivity index (χ4v) is 2.82. The fourth-order valence-electron chi connectivity index (χ4n) is 2.19. The molecule has 4 unspecified atom stereocenters. The molecule has 0 spiro atoms. The highest BCUT2D eigenvalue weighted by Gasteiger charge is 2.46. The summed E-state index contributed by atoms with van der Waals surface area (Å²) in [5.41, 5.74) is 0. The van der Waals surface area contributed by atoms with Gasteiger partial charge in [-0.3, -0.25) is 4.79 Å². The maximum Gasteiger partial charge on any atom is 0.228 e. The van der Waals surface area contributed by atoms with Crippen molar-refractivity contribution in [3.05, 3.63) is 0 Å². The Morgan fingerprint density at radius 3 is 2.70 bits per heavy atom. The third kappa shape index (κ3) is 0.658. The molecule has 2 aliphatic rings. The van der Waals surface area contributed by atoms with E-state index in [-0.39, 0.29) is 0 Å². The third-order valence-corrected chi connectivity index (χ3v) is 3.44. The molecule has 1 heterocycles. The van der Waals surface area contributed by atoms with E-state index in [1.165, 1.54) is 0 Å². The maximum atomic E-state index is 11.2. The standard InChI is InChI=1S/C7H12NOP/c1-4-2-5-3-6(4)8(10)7(5)9/h4-6H,2-3,10H2,1H3. The highest BCUT2D eigenvalue weighted by Crippen LogP contribution is 2.43. The highest BCUT2D eigenvalue weighted by atomic mass is 31.0. The van der Waals surface area contributed by atoms with Crippen LogP contribution in [0.4, 0.5) is 0 Å². The van der Waals surface area contributed by atoms with Crippen molar-refractivity contribution >= 4 is 15.3 Å². The first-order valence-corrected chi connectivity index (χ1v) is 4.29. The molecule has 0 aromatic rings. The average molecular weight is 157 g/mol.